The summed E-state index contributed by atoms with van der Waals surface area (Å²) in [6.45, 7) is 6.34. The maximum atomic E-state index is 13.8. The molecule has 13 nitrogen and oxygen atoms in total. The first-order chi connectivity index (χ1) is 29.0. The van der Waals surface area contributed by atoms with Gasteiger partial charge in [0.05, 0.1) is 36.3 Å². The van der Waals surface area contributed by atoms with Crippen molar-refractivity contribution >= 4 is 39.8 Å². The Balaban J connectivity index is 1.77. The second-order valence-electron chi connectivity index (χ2n) is 16.2. The van der Waals surface area contributed by atoms with Gasteiger partial charge in [-0.15, -0.1) is 0 Å². The number of hydrogen-bond acceptors (Lipinski definition) is 9. The number of anilines is 1. The minimum absolute atomic E-state index is 0.0240. The summed E-state index contributed by atoms with van der Waals surface area (Å²) in [5.41, 5.74) is 1.67. The summed E-state index contributed by atoms with van der Waals surface area (Å²) in [4.78, 5) is 45.8. The number of aliphatic hydroxyl groups is 2. The highest BCUT2D eigenvalue weighted by atomic mass is 32.2. The molecule has 61 heavy (non-hydrogen) atoms. The number of aromatic nitrogens is 2. The molecule has 0 spiro atoms. The van der Waals surface area contributed by atoms with Crippen molar-refractivity contribution in [2.75, 3.05) is 24.2 Å². The van der Waals surface area contributed by atoms with Crippen molar-refractivity contribution in [3.63, 3.8) is 0 Å². The van der Waals surface area contributed by atoms with Gasteiger partial charge in [0.25, 0.3) is 0 Å². The lowest BCUT2D eigenvalue weighted by molar-refractivity contribution is -0.142. The molecule has 5 N–H and O–H groups in total. The van der Waals surface area contributed by atoms with Crippen LogP contribution in [0.25, 0.3) is 17.3 Å². The van der Waals surface area contributed by atoms with E-state index in [2.05, 4.69) is 39.7 Å². The van der Waals surface area contributed by atoms with Gasteiger partial charge < -0.3 is 26.0 Å². The minimum Gasteiger partial charge on any atom is -0.480 e. The fraction of sp³-hybridized carbons (Fsp3) is 0.630. The Labute approximate surface area is 363 Å². The number of unbranched alkanes of at least 4 members (excludes halogenated alkanes) is 12. The number of nitrogens with zero attached hydrogens (tertiary/aromatic N) is 3. The Morgan fingerprint density at radius 2 is 1.46 bits per heavy atom. The van der Waals surface area contributed by atoms with Crippen LogP contribution in [-0.2, 0) is 24.4 Å². The number of aliphatic carboxylic acids is 1. The van der Waals surface area contributed by atoms with Gasteiger partial charge in [-0.1, -0.05) is 96.4 Å². The molecule has 0 bridgehead atoms. The number of allylic oxidation sites excluding steroid dienone is 2. The molecule has 2 amide bonds. The molecule has 1 heterocycles. The average molecular weight is 874 g/mol. The van der Waals surface area contributed by atoms with Crippen LogP contribution in [-0.4, -0.2) is 89.6 Å². The molecule has 1 unspecified atom stereocenters. The average Bonchev–Trinajstić information content (AvgIpc) is 3.20. The third-order valence-electron chi connectivity index (χ3n) is 10.4. The van der Waals surface area contributed by atoms with E-state index in [1.807, 2.05) is 13.8 Å². The van der Waals surface area contributed by atoms with Crippen LogP contribution in [0, 0.1) is 5.82 Å². The van der Waals surface area contributed by atoms with Crippen molar-refractivity contribution in [2.45, 2.75) is 167 Å². The van der Waals surface area contributed by atoms with E-state index in [9.17, 15) is 42.5 Å². The maximum absolute atomic E-state index is 13.8. The number of sulfonamides is 1. The second-order valence-corrected chi connectivity index (χ2v) is 18.2. The third kappa shape index (κ3) is 21.9. The summed E-state index contributed by atoms with van der Waals surface area (Å²) < 4.78 is 39.4. The van der Waals surface area contributed by atoms with Crippen molar-refractivity contribution in [3.05, 3.63) is 59.6 Å². The Hall–Kier alpha value is -4.21. The van der Waals surface area contributed by atoms with Gasteiger partial charge in [0.1, 0.15) is 11.9 Å². The van der Waals surface area contributed by atoms with Gasteiger partial charge in [-0.2, -0.15) is 0 Å². The van der Waals surface area contributed by atoms with Crippen molar-refractivity contribution in [2.24, 2.45) is 0 Å². The Morgan fingerprint density at radius 3 is 2.05 bits per heavy atom. The first kappa shape index (κ1) is 52.9. The van der Waals surface area contributed by atoms with Crippen LogP contribution < -0.4 is 14.9 Å². The number of carboxylic acid groups (broad SMARTS) is 1. The quantitative estimate of drug-likeness (QED) is 0.0353. The number of carboxylic acids is 1. The number of amides is 2. The number of nitrogens with one attached hydrogen (secondary N) is 2. The zero-order chi connectivity index (χ0) is 45.2. The van der Waals surface area contributed by atoms with E-state index in [-0.39, 0.29) is 30.6 Å². The summed E-state index contributed by atoms with van der Waals surface area (Å²) in [6.07, 6.45) is 22.4. The highest BCUT2D eigenvalue weighted by Crippen LogP contribution is 2.32. The summed E-state index contributed by atoms with van der Waals surface area (Å²) in [7, 11) is -2.40. The number of rotatable bonds is 32. The number of aliphatic hydroxyl groups excluding tert-OH is 2. The van der Waals surface area contributed by atoms with Crippen molar-refractivity contribution in [1.82, 2.24) is 20.6 Å². The van der Waals surface area contributed by atoms with Crippen molar-refractivity contribution in [3.8, 4) is 11.3 Å². The molecule has 0 aliphatic rings. The SMILES string of the molecule is CCCCCCCC/C=C\CCCCCCCC(=O)NCCCCC(NC(=O)C[C@H](O)C[C@H](O)/C=C/c1c(-c2ccc(F)cc2)nc(N(C)S(C)(=O)=O)nc1C(C)C)C(=O)O. The molecule has 2 rings (SSSR count). The van der Waals surface area contributed by atoms with Crippen LogP contribution in [0.4, 0.5) is 10.3 Å². The molecule has 15 heteroatoms. The molecule has 0 fully saturated rings. The number of benzene rings is 1. The highest BCUT2D eigenvalue weighted by Gasteiger charge is 2.24. The van der Waals surface area contributed by atoms with E-state index < -0.39 is 52.4 Å². The van der Waals surface area contributed by atoms with Crippen molar-refractivity contribution in [1.29, 1.82) is 0 Å². The van der Waals surface area contributed by atoms with Gasteiger partial charge in [-0.05, 0) is 81.5 Å². The molecule has 342 valence electrons. The van der Waals surface area contributed by atoms with E-state index in [0.29, 0.717) is 48.3 Å². The molecule has 0 saturated carbocycles. The summed E-state index contributed by atoms with van der Waals surface area (Å²) in [5.74, 6) is -2.72. The van der Waals surface area contributed by atoms with Crippen LogP contribution in [0.1, 0.15) is 160 Å². The van der Waals surface area contributed by atoms with Crippen molar-refractivity contribution < 1.29 is 42.5 Å². The summed E-state index contributed by atoms with van der Waals surface area (Å²) in [5, 5.41) is 36.5. The largest absolute Gasteiger partial charge is 0.480 e. The number of hydrogen-bond donors (Lipinski definition) is 5. The molecular formula is C46H72FN5O8S. The number of carbonyl (C=O) groups excluding carboxylic acids is 2. The van der Waals surface area contributed by atoms with E-state index in [4.69, 9.17) is 0 Å². The molecule has 1 aromatic heterocycles. The molecule has 0 radical (unpaired) electrons. The topological polar surface area (TPSA) is 199 Å². The van der Waals surface area contributed by atoms with Gasteiger partial charge in [0.2, 0.25) is 27.8 Å². The smallest absolute Gasteiger partial charge is 0.326 e. The standard InChI is InChI=1S/C46H72FN5O8S/c1-6-7-8-9-10-11-12-13-14-15-16-17-18-19-20-24-41(55)48-31-22-21-23-40(45(57)58)49-42(56)33-38(54)32-37(53)29-30-39-43(34(2)3)50-46(52(4)61(5,59)60)51-44(39)35-25-27-36(47)28-26-35/h13-14,25-30,34,37-38,40,53-54H,6-12,15-24,31-33H2,1-5H3,(H,48,55)(H,49,56)(H,57,58)/b14-13-,30-29+/t37-,38-,40?/m1/s1. The zero-order valence-corrected chi connectivity index (χ0v) is 37.9. The number of carbonyl (C=O) groups is 3. The predicted molar refractivity (Wildman–Crippen MR) is 241 cm³/mol. The van der Waals surface area contributed by atoms with Gasteiger partial charge in [0, 0.05) is 37.6 Å². The van der Waals surface area contributed by atoms with Gasteiger partial charge >= 0.3 is 5.97 Å². The molecule has 0 aliphatic heterocycles. The maximum Gasteiger partial charge on any atom is 0.326 e. The normalized spacial score (nSPS) is 13.5. The molecule has 2 aromatic rings. The van der Waals surface area contributed by atoms with Crippen LogP contribution in [0.2, 0.25) is 0 Å². The van der Waals surface area contributed by atoms with Gasteiger partial charge in [-0.3, -0.25) is 9.59 Å². The Morgan fingerprint density at radius 1 is 0.852 bits per heavy atom. The molecule has 3 atom stereocenters. The second kappa shape index (κ2) is 29.2. The van der Waals surface area contributed by atoms with Crippen LogP contribution in [0.3, 0.4) is 0 Å². The number of halogens is 1. The fourth-order valence-corrected chi connectivity index (χ4v) is 7.09. The van der Waals surface area contributed by atoms with Gasteiger partial charge in [0.15, 0.2) is 0 Å². The molecular weight excluding hydrogens is 802 g/mol. The monoisotopic (exact) mass is 874 g/mol. The van der Waals surface area contributed by atoms with Crippen LogP contribution >= 0.6 is 0 Å². The van der Waals surface area contributed by atoms with E-state index >= 15 is 0 Å². The molecule has 0 aliphatic carbocycles. The summed E-state index contributed by atoms with van der Waals surface area (Å²) >= 11 is 0. The lowest BCUT2D eigenvalue weighted by atomic mass is 9.97. The first-order valence-electron chi connectivity index (χ1n) is 22.1. The molecule has 0 saturated heterocycles. The third-order valence-corrected chi connectivity index (χ3v) is 11.5. The fourth-order valence-electron chi connectivity index (χ4n) is 6.71. The minimum atomic E-state index is -3.72. The first-order valence-corrected chi connectivity index (χ1v) is 24.0. The van der Waals surface area contributed by atoms with E-state index in [1.54, 1.807) is 0 Å². The summed E-state index contributed by atoms with van der Waals surface area (Å²) in [6, 6.07) is 4.29. The van der Waals surface area contributed by atoms with Crippen LogP contribution in [0.15, 0.2) is 42.5 Å². The lowest BCUT2D eigenvalue weighted by Gasteiger charge is -2.20. The highest BCUT2D eigenvalue weighted by molar-refractivity contribution is 7.92. The van der Waals surface area contributed by atoms with E-state index in [0.717, 1.165) is 42.7 Å². The Kier molecular flexibility index (Phi) is 25.3. The molecule has 1 aromatic carbocycles. The van der Waals surface area contributed by atoms with Gasteiger partial charge in [-0.25, -0.2) is 31.9 Å². The van der Waals surface area contributed by atoms with E-state index in [1.165, 1.54) is 94.8 Å². The predicted octanol–water partition coefficient (Wildman–Crippen LogP) is 8.21. The zero-order valence-electron chi connectivity index (χ0n) is 37.1. The van der Waals surface area contributed by atoms with Crippen LogP contribution in [0.5, 0.6) is 0 Å². The Bertz CT molecular complexity index is 1790. The lowest BCUT2D eigenvalue weighted by Crippen LogP contribution is -2.42.